The van der Waals surface area contributed by atoms with Crippen LogP contribution in [-0.2, 0) is 9.53 Å². The molecule has 0 saturated carbocycles. The number of amidine groups is 1. The summed E-state index contributed by atoms with van der Waals surface area (Å²) in [5.74, 6) is 0.469. The van der Waals surface area contributed by atoms with Gasteiger partial charge in [0.2, 0.25) is 0 Å². The van der Waals surface area contributed by atoms with Gasteiger partial charge in [0.1, 0.15) is 0 Å². The molecule has 0 radical (unpaired) electrons. The molecule has 0 bridgehead atoms. The van der Waals surface area contributed by atoms with Crippen LogP contribution in [0.3, 0.4) is 0 Å². The zero-order valence-electron chi connectivity index (χ0n) is 22.7. The van der Waals surface area contributed by atoms with Crippen LogP contribution in [0.4, 0.5) is 11.4 Å². The highest BCUT2D eigenvalue weighted by Gasteiger charge is 2.38. The van der Waals surface area contributed by atoms with Crippen molar-refractivity contribution in [2.24, 2.45) is 4.99 Å². The zero-order chi connectivity index (χ0) is 26.0. The average Bonchev–Trinajstić information content (AvgIpc) is 3.09. The fraction of sp³-hybridized carbons (Fsp3) is 0.467. The number of aliphatic imine (C=N–C) groups is 1. The van der Waals surface area contributed by atoms with Crippen molar-refractivity contribution in [3.05, 3.63) is 64.1 Å². The Bertz CT molecular complexity index is 1170. The maximum absolute atomic E-state index is 13.5. The third-order valence-electron chi connectivity index (χ3n) is 7.07. The topological polar surface area (TPSA) is 45.1 Å². The van der Waals surface area contributed by atoms with E-state index >= 15 is 0 Å². The fourth-order valence-electron chi connectivity index (χ4n) is 5.66. The van der Waals surface area contributed by atoms with Gasteiger partial charge in [-0.15, -0.1) is 0 Å². The first kappa shape index (κ1) is 26.5. The number of methoxy groups -OCH3 is 1. The van der Waals surface area contributed by atoms with E-state index in [9.17, 15) is 4.79 Å². The van der Waals surface area contributed by atoms with Crippen LogP contribution in [0.25, 0.3) is 6.08 Å². The Morgan fingerprint density at radius 2 is 1.94 bits per heavy atom. The molecule has 6 heteroatoms. The third-order valence-corrected chi connectivity index (χ3v) is 8.07. The van der Waals surface area contributed by atoms with Crippen LogP contribution in [-0.4, -0.2) is 47.8 Å². The van der Waals surface area contributed by atoms with Crippen LogP contribution in [0, 0.1) is 6.92 Å². The maximum atomic E-state index is 13.5. The second-order valence-corrected chi connectivity index (χ2v) is 11.8. The third kappa shape index (κ3) is 5.40. The number of aryl methyl sites for hydroxylation is 1. The van der Waals surface area contributed by atoms with Crippen LogP contribution >= 0.6 is 11.8 Å². The number of carbonyl (C=O) groups excluding carboxylic acids is 1. The Kier molecular flexibility index (Phi) is 7.96. The summed E-state index contributed by atoms with van der Waals surface area (Å²) in [5.41, 5.74) is 5.94. The lowest BCUT2D eigenvalue weighted by Gasteiger charge is -2.50. The van der Waals surface area contributed by atoms with Crippen molar-refractivity contribution in [2.75, 3.05) is 25.2 Å². The lowest BCUT2D eigenvalue weighted by atomic mass is 9.78. The number of amides is 1. The molecule has 2 aromatic carbocycles. The van der Waals surface area contributed by atoms with Crippen LogP contribution in [0.1, 0.15) is 70.1 Å². The zero-order valence-corrected chi connectivity index (χ0v) is 23.5. The van der Waals surface area contributed by atoms with Gasteiger partial charge in [0, 0.05) is 37.5 Å². The largest absolute Gasteiger partial charge is 0.385 e. The van der Waals surface area contributed by atoms with Crippen LogP contribution in [0.15, 0.2) is 52.4 Å². The molecule has 4 rings (SSSR count). The molecule has 0 aliphatic carbocycles. The van der Waals surface area contributed by atoms with Crippen molar-refractivity contribution < 1.29 is 9.53 Å². The number of fused-ring (bicyclic) bond motifs is 1. The fourth-order valence-corrected chi connectivity index (χ4v) is 6.67. The molecule has 192 valence electrons. The van der Waals surface area contributed by atoms with E-state index in [-0.39, 0.29) is 11.4 Å². The van der Waals surface area contributed by atoms with Crippen molar-refractivity contribution in [2.45, 2.75) is 71.9 Å². The highest BCUT2D eigenvalue weighted by molar-refractivity contribution is 8.18. The molecule has 1 atom stereocenters. The number of nitrogens with zero attached hydrogens (tertiary/aromatic N) is 3. The van der Waals surface area contributed by atoms with E-state index in [1.54, 1.807) is 12.0 Å². The van der Waals surface area contributed by atoms with E-state index < -0.39 is 0 Å². The second-order valence-electron chi connectivity index (χ2n) is 10.8. The minimum absolute atomic E-state index is 0.0147. The summed E-state index contributed by atoms with van der Waals surface area (Å²) in [6, 6.07) is 14.9. The van der Waals surface area contributed by atoms with Gasteiger partial charge in [0.25, 0.3) is 5.91 Å². The van der Waals surface area contributed by atoms with Gasteiger partial charge in [-0.25, -0.2) is 4.99 Å². The first-order valence-electron chi connectivity index (χ1n) is 12.9. The standard InChI is InChI=1S/C30H39N3O2S/c1-20(2)33-26-16-21(3)23(17-25(26)22(4)19-30(33,5)6)18-27-28(34)32(14-11-15-35-7)29(36-27)31-24-12-9-8-10-13-24/h8-10,12-13,16-18,20,22H,11,14-15,19H2,1-7H3/b27-18-,31-29?/t22-/m1/s1. The molecule has 2 heterocycles. The van der Waals surface area contributed by atoms with Gasteiger partial charge in [-0.05, 0) is 112 Å². The molecule has 0 spiro atoms. The van der Waals surface area contributed by atoms with Crippen molar-refractivity contribution in [1.29, 1.82) is 0 Å². The van der Waals surface area contributed by atoms with Gasteiger partial charge >= 0.3 is 0 Å². The number of thioether (sulfide) groups is 1. The van der Waals surface area contributed by atoms with E-state index in [4.69, 9.17) is 9.73 Å². The monoisotopic (exact) mass is 505 g/mol. The molecule has 1 amide bonds. The normalized spacial score (nSPS) is 21.7. The molecular formula is C30H39N3O2S. The number of hydrogen-bond acceptors (Lipinski definition) is 5. The van der Waals surface area contributed by atoms with Crippen molar-refractivity contribution in [3.63, 3.8) is 0 Å². The molecule has 5 nitrogen and oxygen atoms in total. The Morgan fingerprint density at radius 1 is 1.22 bits per heavy atom. The molecule has 0 N–H and O–H groups in total. The Balaban J connectivity index is 1.71. The minimum Gasteiger partial charge on any atom is -0.385 e. The van der Waals surface area contributed by atoms with Crippen LogP contribution < -0.4 is 4.90 Å². The van der Waals surface area contributed by atoms with Gasteiger partial charge in [0.05, 0.1) is 10.6 Å². The number of anilines is 1. The SMILES string of the molecule is COCCCN1C(=O)/C(=C/c2cc3c(cc2C)N(C(C)C)C(C)(C)C[C@H]3C)SC1=Nc1ccccc1. The summed E-state index contributed by atoms with van der Waals surface area (Å²) < 4.78 is 5.23. The van der Waals surface area contributed by atoms with Gasteiger partial charge in [-0.2, -0.15) is 0 Å². The Morgan fingerprint density at radius 3 is 2.61 bits per heavy atom. The summed E-state index contributed by atoms with van der Waals surface area (Å²) in [4.78, 5) is 23.4. The van der Waals surface area contributed by atoms with Gasteiger partial charge in [-0.3, -0.25) is 9.69 Å². The predicted octanol–water partition coefficient (Wildman–Crippen LogP) is 7.14. The average molecular weight is 506 g/mol. The number of para-hydroxylation sites is 1. The summed E-state index contributed by atoms with van der Waals surface area (Å²) >= 11 is 1.46. The second kappa shape index (κ2) is 10.8. The maximum Gasteiger partial charge on any atom is 0.266 e. The van der Waals surface area contributed by atoms with E-state index in [2.05, 4.69) is 64.7 Å². The number of benzene rings is 2. The molecule has 0 aromatic heterocycles. The number of hydrogen-bond donors (Lipinski definition) is 0. The quantitative estimate of drug-likeness (QED) is 0.296. The summed E-state index contributed by atoms with van der Waals surface area (Å²) in [6.45, 7) is 14.9. The lowest BCUT2D eigenvalue weighted by Crippen LogP contribution is -2.51. The Hall–Kier alpha value is -2.57. The summed E-state index contributed by atoms with van der Waals surface area (Å²) in [5, 5.41) is 0.727. The number of rotatable bonds is 7. The highest BCUT2D eigenvalue weighted by Crippen LogP contribution is 2.46. The van der Waals surface area contributed by atoms with Gasteiger partial charge in [-0.1, -0.05) is 25.1 Å². The number of carbonyl (C=O) groups is 1. The van der Waals surface area contributed by atoms with E-state index in [0.717, 1.165) is 34.2 Å². The van der Waals surface area contributed by atoms with Gasteiger partial charge < -0.3 is 9.64 Å². The molecule has 1 saturated heterocycles. The van der Waals surface area contributed by atoms with E-state index in [1.807, 2.05) is 30.3 Å². The van der Waals surface area contributed by atoms with Gasteiger partial charge in [0.15, 0.2) is 5.17 Å². The molecule has 1 fully saturated rings. The van der Waals surface area contributed by atoms with Crippen LogP contribution in [0.5, 0.6) is 0 Å². The summed E-state index contributed by atoms with van der Waals surface area (Å²) in [7, 11) is 1.69. The van der Waals surface area contributed by atoms with Crippen molar-refractivity contribution >= 4 is 40.3 Å². The molecule has 0 unspecified atom stereocenters. The molecule has 2 aliphatic heterocycles. The van der Waals surface area contributed by atoms with E-state index in [0.29, 0.717) is 25.1 Å². The molecule has 2 aromatic rings. The lowest BCUT2D eigenvalue weighted by molar-refractivity contribution is -0.122. The summed E-state index contributed by atoms with van der Waals surface area (Å²) in [6.07, 6.45) is 3.93. The van der Waals surface area contributed by atoms with E-state index in [1.165, 1.54) is 28.6 Å². The number of ether oxygens (including phenoxy) is 1. The molecule has 2 aliphatic rings. The predicted molar refractivity (Wildman–Crippen MR) is 153 cm³/mol. The first-order chi connectivity index (χ1) is 17.1. The highest BCUT2D eigenvalue weighted by atomic mass is 32.2. The molecular weight excluding hydrogens is 466 g/mol. The van der Waals surface area contributed by atoms with Crippen molar-refractivity contribution in [3.8, 4) is 0 Å². The van der Waals surface area contributed by atoms with Crippen LogP contribution in [0.2, 0.25) is 0 Å². The molecule has 36 heavy (non-hydrogen) atoms. The first-order valence-corrected chi connectivity index (χ1v) is 13.7. The van der Waals surface area contributed by atoms with Crippen molar-refractivity contribution in [1.82, 2.24) is 4.90 Å². The minimum atomic E-state index is 0.0147. The Labute approximate surface area is 220 Å². The smallest absolute Gasteiger partial charge is 0.266 e.